The van der Waals surface area contributed by atoms with Crippen molar-refractivity contribution in [2.45, 2.75) is 19.8 Å². The molecule has 24 heavy (non-hydrogen) atoms. The van der Waals surface area contributed by atoms with Crippen molar-refractivity contribution in [1.82, 2.24) is 0 Å². The van der Waals surface area contributed by atoms with E-state index in [1.807, 2.05) is 12.1 Å². The number of halogens is 4. The van der Waals surface area contributed by atoms with Crippen LogP contribution in [-0.2, 0) is 0 Å². The van der Waals surface area contributed by atoms with Crippen LogP contribution in [-0.4, -0.2) is 11.8 Å². The van der Waals surface area contributed by atoms with Gasteiger partial charge in [0.1, 0.15) is 0 Å². The number of fused-ring (bicyclic) bond motifs is 1. The number of anilines is 1. The summed E-state index contributed by atoms with van der Waals surface area (Å²) in [7, 11) is 0. The highest BCUT2D eigenvalue weighted by Crippen LogP contribution is 2.45. The highest BCUT2D eigenvalue weighted by atomic mass is 35.5. The Morgan fingerprint density at radius 2 is 1.17 bits per heavy atom. The summed E-state index contributed by atoms with van der Waals surface area (Å²) in [5, 5.41) is -0.220. The molecule has 2 amide bonds. The number of carbonyl (C=O) groups excluding carboxylic acids is 2. The minimum atomic E-state index is -0.572. The molecule has 1 aliphatic rings. The van der Waals surface area contributed by atoms with Crippen molar-refractivity contribution in [2.75, 3.05) is 4.90 Å². The topological polar surface area (TPSA) is 37.4 Å². The zero-order valence-corrected chi connectivity index (χ0v) is 15.7. The average molecular weight is 403 g/mol. The molecule has 0 N–H and O–H groups in total. The summed E-state index contributed by atoms with van der Waals surface area (Å²) in [5.74, 6) is -0.807. The molecule has 0 radical (unpaired) electrons. The second kappa shape index (κ2) is 6.23. The monoisotopic (exact) mass is 401 g/mol. The first-order chi connectivity index (χ1) is 11.3. The van der Waals surface area contributed by atoms with Gasteiger partial charge in [0.25, 0.3) is 11.8 Å². The predicted molar refractivity (Wildman–Crippen MR) is 98.2 cm³/mol. The molecule has 1 heterocycles. The minimum absolute atomic E-state index is 0.0194. The Morgan fingerprint density at radius 3 is 1.54 bits per heavy atom. The molecule has 7 heteroatoms. The van der Waals surface area contributed by atoms with Crippen LogP contribution in [0.4, 0.5) is 5.69 Å². The first kappa shape index (κ1) is 17.6. The largest absolute Gasteiger partial charge is 0.268 e. The van der Waals surface area contributed by atoms with Crippen LogP contribution in [0.25, 0.3) is 0 Å². The summed E-state index contributed by atoms with van der Waals surface area (Å²) in [5.41, 5.74) is 1.49. The fraction of sp³-hybridized carbons (Fsp3) is 0.176. The highest BCUT2D eigenvalue weighted by molar-refractivity contribution is 6.56. The third-order valence-electron chi connectivity index (χ3n) is 3.92. The predicted octanol–water partition coefficient (Wildman–Crippen LogP) is 6.22. The molecule has 2 aromatic carbocycles. The van der Waals surface area contributed by atoms with Gasteiger partial charge in [-0.1, -0.05) is 72.4 Å². The van der Waals surface area contributed by atoms with Crippen LogP contribution >= 0.6 is 46.4 Å². The fourth-order valence-electron chi connectivity index (χ4n) is 2.59. The zero-order valence-electron chi connectivity index (χ0n) is 12.7. The molecule has 0 aromatic heterocycles. The maximum Gasteiger partial charge on any atom is 0.267 e. The smallest absolute Gasteiger partial charge is 0.267 e. The lowest BCUT2D eigenvalue weighted by Crippen LogP contribution is -2.29. The summed E-state index contributed by atoms with van der Waals surface area (Å²) < 4.78 is 0. The molecule has 124 valence electrons. The molecule has 0 saturated heterocycles. The standard InChI is InChI=1S/C17H11Cl4NO2/c1-7(2)8-3-5-9(6-4-8)22-16(23)10-11(17(22)24)13(19)15(21)14(20)12(10)18/h3-7H,1-2H3. The van der Waals surface area contributed by atoms with Crippen molar-refractivity contribution < 1.29 is 9.59 Å². The molecule has 3 nitrogen and oxygen atoms in total. The second-order valence-corrected chi connectivity index (χ2v) is 7.21. The van der Waals surface area contributed by atoms with Gasteiger partial charge in [0.2, 0.25) is 0 Å². The van der Waals surface area contributed by atoms with Crippen molar-refractivity contribution in [3.05, 3.63) is 61.0 Å². The van der Waals surface area contributed by atoms with Crippen LogP contribution < -0.4 is 4.90 Å². The van der Waals surface area contributed by atoms with Gasteiger partial charge in [-0.3, -0.25) is 9.59 Å². The Bertz CT molecular complexity index is 828. The van der Waals surface area contributed by atoms with Crippen LogP contribution in [0, 0.1) is 0 Å². The maximum atomic E-state index is 12.7. The van der Waals surface area contributed by atoms with Gasteiger partial charge in [-0.15, -0.1) is 0 Å². The summed E-state index contributed by atoms with van der Waals surface area (Å²) in [4.78, 5) is 26.5. The lowest BCUT2D eigenvalue weighted by molar-refractivity contribution is 0.0926. The van der Waals surface area contributed by atoms with E-state index in [-0.39, 0.29) is 31.2 Å². The van der Waals surface area contributed by atoms with Crippen LogP contribution in [0.1, 0.15) is 46.0 Å². The molecule has 0 saturated carbocycles. The SMILES string of the molecule is CC(C)c1ccc(N2C(=O)c3c(Cl)c(Cl)c(Cl)c(Cl)c3C2=O)cc1. The van der Waals surface area contributed by atoms with E-state index in [9.17, 15) is 9.59 Å². The quantitative estimate of drug-likeness (QED) is 0.339. The van der Waals surface area contributed by atoms with Crippen LogP contribution in [0.15, 0.2) is 24.3 Å². The summed E-state index contributed by atoms with van der Waals surface area (Å²) in [6, 6.07) is 7.16. The molecule has 2 aromatic rings. The number of benzene rings is 2. The fourth-order valence-corrected chi connectivity index (χ4v) is 3.61. The zero-order chi connectivity index (χ0) is 17.8. The number of rotatable bonds is 2. The Balaban J connectivity index is 2.14. The van der Waals surface area contributed by atoms with E-state index < -0.39 is 11.8 Å². The normalized spacial score (nSPS) is 13.9. The Labute approximate surface area is 159 Å². The van der Waals surface area contributed by atoms with Gasteiger partial charge in [0, 0.05) is 0 Å². The van der Waals surface area contributed by atoms with Gasteiger partial charge in [-0.05, 0) is 23.6 Å². The molecule has 0 atom stereocenters. The van der Waals surface area contributed by atoms with Gasteiger partial charge in [0.15, 0.2) is 0 Å². The molecule has 0 unspecified atom stereocenters. The van der Waals surface area contributed by atoms with E-state index in [1.54, 1.807) is 12.1 Å². The van der Waals surface area contributed by atoms with Crippen LogP contribution in [0.2, 0.25) is 20.1 Å². The van der Waals surface area contributed by atoms with Gasteiger partial charge in [0.05, 0.1) is 36.9 Å². The Kier molecular flexibility index (Phi) is 4.56. The van der Waals surface area contributed by atoms with Crippen LogP contribution in [0.5, 0.6) is 0 Å². The van der Waals surface area contributed by atoms with Crippen molar-refractivity contribution in [2.24, 2.45) is 0 Å². The third-order valence-corrected chi connectivity index (χ3v) is 5.72. The minimum Gasteiger partial charge on any atom is -0.268 e. The maximum absolute atomic E-state index is 12.7. The third kappa shape index (κ3) is 2.51. The molecule has 0 spiro atoms. The van der Waals surface area contributed by atoms with E-state index in [4.69, 9.17) is 46.4 Å². The summed E-state index contributed by atoms with van der Waals surface area (Å²) in [6.45, 7) is 4.11. The van der Waals surface area contributed by atoms with Crippen molar-refractivity contribution in [3.63, 3.8) is 0 Å². The van der Waals surface area contributed by atoms with E-state index in [1.165, 1.54) is 0 Å². The van der Waals surface area contributed by atoms with E-state index >= 15 is 0 Å². The van der Waals surface area contributed by atoms with Gasteiger partial charge >= 0.3 is 0 Å². The summed E-state index contributed by atoms with van der Waals surface area (Å²) in [6.07, 6.45) is 0. The number of amides is 2. The lowest BCUT2D eigenvalue weighted by atomic mass is 10.0. The molecule has 0 fully saturated rings. The van der Waals surface area contributed by atoms with Crippen molar-refractivity contribution in [3.8, 4) is 0 Å². The van der Waals surface area contributed by atoms with Gasteiger partial charge < -0.3 is 0 Å². The molecule has 3 rings (SSSR count). The average Bonchev–Trinajstić information content (AvgIpc) is 2.82. The van der Waals surface area contributed by atoms with E-state index in [2.05, 4.69) is 13.8 Å². The van der Waals surface area contributed by atoms with Gasteiger partial charge in [-0.2, -0.15) is 0 Å². The molecular formula is C17H11Cl4NO2. The van der Waals surface area contributed by atoms with Crippen LogP contribution in [0.3, 0.4) is 0 Å². The van der Waals surface area contributed by atoms with E-state index in [0.717, 1.165) is 10.5 Å². The Morgan fingerprint density at radius 1 is 0.750 bits per heavy atom. The highest BCUT2D eigenvalue weighted by Gasteiger charge is 2.42. The molecule has 1 aliphatic heterocycles. The molecular weight excluding hydrogens is 392 g/mol. The molecule has 0 aliphatic carbocycles. The number of imide groups is 1. The van der Waals surface area contributed by atoms with Gasteiger partial charge in [-0.25, -0.2) is 4.90 Å². The Hall–Kier alpha value is -1.26. The number of hydrogen-bond acceptors (Lipinski definition) is 2. The second-order valence-electron chi connectivity index (χ2n) is 5.70. The van der Waals surface area contributed by atoms with Crippen molar-refractivity contribution >= 4 is 63.9 Å². The number of hydrogen-bond donors (Lipinski definition) is 0. The lowest BCUT2D eigenvalue weighted by Gasteiger charge is -2.15. The van der Waals surface area contributed by atoms with Crippen molar-refractivity contribution in [1.29, 1.82) is 0 Å². The first-order valence-electron chi connectivity index (χ1n) is 7.10. The van der Waals surface area contributed by atoms with E-state index in [0.29, 0.717) is 11.6 Å². The number of nitrogens with zero attached hydrogens (tertiary/aromatic N) is 1. The number of carbonyl (C=O) groups is 2. The molecule has 0 bridgehead atoms. The first-order valence-corrected chi connectivity index (χ1v) is 8.61. The summed E-state index contributed by atoms with van der Waals surface area (Å²) >= 11 is 24.2.